The number of nitrogens with one attached hydrogen (secondary N) is 2. The van der Waals surface area contributed by atoms with Crippen LogP contribution >= 0.6 is 12.4 Å². The van der Waals surface area contributed by atoms with Crippen LogP contribution in [0.1, 0.15) is 42.5 Å². The molecule has 1 saturated heterocycles. The van der Waals surface area contributed by atoms with Gasteiger partial charge in [0.2, 0.25) is 15.9 Å². The molecule has 0 atom stereocenters. The zero-order chi connectivity index (χ0) is 26.7. The van der Waals surface area contributed by atoms with Crippen LogP contribution in [0.2, 0.25) is 0 Å². The van der Waals surface area contributed by atoms with Crippen LogP contribution in [0.25, 0.3) is 0 Å². The van der Waals surface area contributed by atoms with Gasteiger partial charge in [0, 0.05) is 19.2 Å². The summed E-state index contributed by atoms with van der Waals surface area (Å²) < 4.78 is 68.9. The second-order valence-electron chi connectivity index (χ2n) is 9.39. The van der Waals surface area contributed by atoms with Crippen LogP contribution in [0, 0.1) is 5.41 Å². The van der Waals surface area contributed by atoms with E-state index in [2.05, 4.69) is 15.0 Å². The highest BCUT2D eigenvalue weighted by Gasteiger charge is 2.44. The van der Waals surface area contributed by atoms with E-state index in [9.17, 15) is 26.4 Å². The molecule has 1 aromatic carbocycles. The maximum atomic E-state index is 13.2. The van der Waals surface area contributed by atoms with Crippen LogP contribution in [0.3, 0.4) is 0 Å². The summed E-state index contributed by atoms with van der Waals surface area (Å²) in [4.78, 5) is 19.3. The van der Waals surface area contributed by atoms with Gasteiger partial charge in [0.1, 0.15) is 5.82 Å². The number of carbonyl (C=O) groups excluding carboxylic acids is 1. The first-order chi connectivity index (χ1) is 17.5. The molecule has 1 aliphatic heterocycles. The van der Waals surface area contributed by atoms with Crippen molar-refractivity contribution in [2.75, 3.05) is 47.0 Å². The molecule has 1 amide bonds. The van der Waals surface area contributed by atoms with Crippen molar-refractivity contribution in [3.05, 3.63) is 42.0 Å². The Kier molecular flexibility index (Phi) is 9.37. The smallest absolute Gasteiger partial charge is 0.392 e. The number of aliphatic hydroxyl groups excluding tert-OH is 1. The number of benzene rings is 1. The molecule has 2 fully saturated rings. The molecule has 9 nitrogen and oxygen atoms in total. The standard InChI is InChI=1S/C24H29F3N4O5S.ClH/c25-24(26,27)10-14-36-21-3-1-2-20(28-21)29-22(33)18-5-4-17(30-37(34,35)15-13-32)16-19(18)31-11-8-23(6-7-23)9-12-31;/h1-5,16,30,32H,6-15H2,(H,28,29,33);1H. The summed E-state index contributed by atoms with van der Waals surface area (Å²) in [6.07, 6.45) is -1.13. The van der Waals surface area contributed by atoms with Gasteiger partial charge in [0.25, 0.3) is 5.91 Å². The van der Waals surface area contributed by atoms with E-state index in [0.717, 1.165) is 12.8 Å². The molecular formula is C24H30ClF3N4O5S. The number of nitrogens with zero attached hydrogens (tertiary/aromatic N) is 2. The highest BCUT2D eigenvalue weighted by molar-refractivity contribution is 7.92. The number of hydrogen-bond donors (Lipinski definition) is 3. The fourth-order valence-electron chi connectivity index (χ4n) is 4.32. The average Bonchev–Trinajstić information content (AvgIpc) is 3.57. The Balaban J connectivity index is 0.00000400. The number of halogens is 4. The number of aromatic nitrogens is 1. The first kappa shape index (κ1) is 29.8. The Bertz CT molecular complexity index is 1230. The van der Waals surface area contributed by atoms with Crippen molar-refractivity contribution in [3.8, 4) is 5.88 Å². The zero-order valence-corrected chi connectivity index (χ0v) is 22.1. The van der Waals surface area contributed by atoms with Crippen LogP contribution in [0.5, 0.6) is 5.88 Å². The number of ether oxygens (including phenoxy) is 1. The highest BCUT2D eigenvalue weighted by atomic mass is 35.5. The number of piperidine rings is 1. The predicted octanol–water partition coefficient (Wildman–Crippen LogP) is 4.20. The van der Waals surface area contributed by atoms with E-state index in [0.29, 0.717) is 29.8 Å². The molecule has 1 aromatic heterocycles. The van der Waals surface area contributed by atoms with Gasteiger partial charge in [0.05, 0.1) is 42.3 Å². The molecular weight excluding hydrogens is 549 g/mol. The molecule has 1 saturated carbocycles. The minimum atomic E-state index is -4.35. The summed E-state index contributed by atoms with van der Waals surface area (Å²) in [6, 6.07) is 8.95. The number of alkyl halides is 3. The minimum absolute atomic E-state index is 0. The molecule has 4 rings (SSSR count). The fraction of sp³-hybridized carbons (Fsp3) is 0.500. The summed E-state index contributed by atoms with van der Waals surface area (Å²) in [7, 11) is -3.76. The Morgan fingerprint density at radius 1 is 1.13 bits per heavy atom. The van der Waals surface area contributed by atoms with Crippen molar-refractivity contribution in [3.63, 3.8) is 0 Å². The number of anilines is 3. The quantitative estimate of drug-likeness (QED) is 0.386. The van der Waals surface area contributed by atoms with E-state index in [4.69, 9.17) is 9.84 Å². The predicted molar refractivity (Wildman–Crippen MR) is 140 cm³/mol. The first-order valence-electron chi connectivity index (χ1n) is 12.0. The summed E-state index contributed by atoms with van der Waals surface area (Å²) in [5.41, 5.74) is 1.50. The van der Waals surface area contributed by atoms with Gasteiger partial charge in [0.15, 0.2) is 0 Å². The van der Waals surface area contributed by atoms with Gasteiger partial charge >= 0.3 is 6.18 Å². The lowest BCUT2D eigenvalue weighted by Crippen LogP contribution is -2.35. The lowest BCUT2D eigenvalue weighted by atomic mass is 9.93. The van der Waals surface area contributed by atoms with E-state index in [1.807, 2.05) is 4.90 Å². The third kappa shape index (κ3) is 8.11. The van der Waals surface area contributed by atoms with Gasteiger partial charge in [-0.3, -0.25) is 9.52 Å². The first-order valence-corrected chi connectivity index (χ1v) is 13.6. The number of amides is 1. The van der Waals surface area contributed by atoms with Crippen LogP contribution < -0.4 is 19.7 Å². The minimum Gasteiger partial charge on any atom is -0.477 e. The molecule has 38 heavy (non-hydrogen) atoms. The van der Waals surface area contributed by atoms with E-state index < -0.39 is 47.5 Å². The van der Waals surface area contributed by atoms with Crippen molar-refractivity contribution in [2.45, 2.75) is 38.3 Å². The van der Waals surface area contributed by atoms with Crippen molar-refractivity contribution >= 4 is 45.5 Å². The third-order valence-corrected chi connectivity index (χ3v) is 7.86. The Morgan fingerprint density at radius 2 is 1.84 bits per heavy atom. The molecule has 0 radical (unpaired) electrons. The monoisotopic (exact) mass is 578 g/mol. The Labute approximate surface area is 225 Å². The second kappa shape index (κ2) is 12.0. The average molecular weight is 579 g/mol. The molecule has 0 unspecified atom stereocenters. The van der Waals surface area contributed by atoms with Crippen LogP contribution in [0.4, 0.5) is 30.4 Å². The Hall–Kier alpha value is -2.77. The van der Waals surface area contributed by atoms with E-state index in [-0.39, 0.29) is 29.8 Å². The van der Waals surface area contributed by atoms with E-state index in [1.165, 1.54) is 43.2 Å². The van der Waals surface area contributed by atoms with Crippen LogP contribution in [0.15, 0.2) is 36.4 Å². The lowest BCUT2D eigenvalue weighted by molar-refractivity contribution is -0.139. The largest absolute Gasteiger partial charge is 0.477 e. The van der Waals surface area contributed by atoms with Gasteiger partial charge < -0.3 is 20.1 Å². The molecule has 2 heterocycles. The van der Waals surface area contributed by atoms with Crippen LogP contribution in [-0.2, 0) is 10.0 Å². The molecule has 2 aliphatic rings. The van der Waals surface area contributed by atoms with Gasteiger partial charge in [-0.1, -0.05) is 6.07 Å². The summed E-state index contributed by atoms with van der Waals surface area (Å²) in [5, 5.41) is 11.7. The van der Waals surface area contributed by atoms with Gasteiger partial charge in [-0.2, -0.15) is 18.2 Å². The summed E-state index contributed by atoms with van der Waals surface area (Å²) >= 11 is 0. The van der Waals surface area contributed by atoms with Crippen molar-refractivity contribution < 1.29 is 36.2 Å². The summed E-state index contributed by atoms with van der Waals surface area (Å²) in [6.45, 7) is 0.312. The van der Waals surface area contributed by atoms with E-state index in [1.54, 1.807) is 6.07 Å². The van der Waals surface area contributed by atoms with Gasteiger partial charge in [-0.05, 0) is 55.4 Å². The molecule has 210 valence electrons. The number of aliphatic hydroxyl groups is 1. The van der Waals surface area contributed by atoms with Gasteiger partial charge in [-0.25, -0.2) is 8.42 Å². The maximum Gasteiger partial charge on any atom is 0.392 e. The van der Waals surface area contributed by atoms with Gasteiger partial charge in [-0.15, -0.1) is 12.4 Å². The number of sulfonamides is 1. The number of carbonyl (C=O) groups is 1. The SMILES string of the molecule is Cl.O=C(Nc1cccc(OCCC(F)(F)F)n1)c1ccc(NS(=O)(=O)CCO)cc1N1CCC2(CC1)CC2. The molecule has 0 bridgehead atoms. The Morgan fingerprint density at radius 3 is 2.47 bits per heavy atom. The maximum absolute atomic E-state index is 13.2. The van der Waals surface area contributed by atoms with Crippen molar-refractivity contribution in [2.24, 2.45) is 5.41 Å². The topological polar surface area (TPSA) is 121 Å². The van der Waals surface area contributed by atoms with E-state index >= 15 is 0 Å². The number of hydrogen-bond acceptors (Lipinski definition) is 7. The molecule has 1 spiro atoms. The summed E-state index contributed by atoms with van der Waals surface area (Å²) in [5.74, 6) is -0.916. The molecule has 3 N–H and O–H groups in total. The second-order valence-corrected chi connectivity index (χ2v) is 11.2. The number of rotatable bonds is 10. The van der Waals surface area contributed by atoms with Crippen molar-refractivity contribution in [1.29, 1.82) is 0 Å². The van der Waals surface area contributed by atoms with Crippen LogP contribution in [-0.4, -0.2) is 62.6 Å². The molecule has 14 heteroatoms. The zero-order valence-electron chi connectivity index (χ0n) is 20.5. The van der Waals surface area contributed by atoms with Crippen molar-refractivity contribution in [1.82, 2.24) is 4.98 Å². The normalized spacial score (nSPS) is 16.5. The highest BCUT2D eigenvalue weighted by Crippen LogP contribution is 2.54. The molecule has 1 aliphatic carbocycles. The fourth-order valence-corrected chi connectivity index (χ4v) is 5.15. The lowest BCUT2D eigenvalue weighted by Gasteiger charge is -2.35. The number of pyridine rings is 1. The third-order valence-electron chi connectivity index (χ3n) is 6.60. The molecule has 2 aromatic rings.